The first kappa shape index (κ1) is 16.7. The Morgan fingerprint density at radius 3 is 2.50 bits per heavy atom. The molecule has 7 nitrogen and oxygen atoms in total. The average Bonchev–Trinajstić information content (AvgIpc) is 2.36. The molecule has 1 aliphatic carbocycles. The van der Waals surface area contributed by atoms with Crippen molar-refractivity contribution in [3.8, 4) is 0 Å². The number of urea groups is 1. The van der Waals surface area contributed by atoms with Crippen molar-refractivity contribution in [1.29, 1.82) is 0 Å². The van der Waals surface area contributed by atoms with Crippen LogP contribution < -0.4 is 10.6 Å². The third-order valence-corrected chi connectivity index (χ3v) is 3.53. The molecule has 116 valence electrons. The summed E-state index contributed by atoms with van der Waals surface area (Å²) in [6.07, 6.45) is 2.87. The van der Waals surface area contributed by atoms with Gasteiger partial charge in [0.2, 0.25) is 0 Å². The molecule has 2 amide bonds. The summed E-state index contributed by atoms with van der Waals surface area (Å²) in [4.78, 5) is 22.3. The first-order chi connectivity index (χ1) is 9.58. The molecule has 1 rings (SSSR count). The average molecular weight is 288 g/mol. The van der Waals surface area contributed by atoms with E-state index in [4.69, 9.17) is 14.6 Å². The van der Waals surface area contributed by atoms with Crippen LogP contribution in [0.15, 0.2) is 0 Å². The van der Waals surface area contributed by atoms with E-state index >= 15 is 0 Å². The maximum absolute atomic E-state index is 11.6. The zero-order chi connectivity index (χ0) is 14.8. The van der Waals surface area contributed by atoms with E-state index in [2.05, 4.69) is 10.6 Å². The summed E-state index contributed by atoms with van der Waals surface area (Å²) >= 11 is 0. The van der Waals surface area contributed by atoms with Gasteiger partial charge < -0.3 is 25.2 Å². The van der Waals surface area contributed by atoms with Crippen LogP contribution in [-0.4, -0.2) is 57.1 Å². The Bertz CT molecular complexity index is 318. The number of hydrogen-bond donors (Lipinski definition) is 3. The molecule has 7 heteroatoms. The second kappa shape index (κ2) is 8.76. The Hall–Kier alpha value is -1.34. The Balaban J connectivity index is 2.08. The van der Waals surface area contributed by atoms with Crippen LogP contribution in [0.25, 0.3) is 0 Å². The van der Waals surface area contributed by atoms with Gasteiger partial charge in [0.25, 0.3) is 0 Å². The maximum atomic E-state index is 11.6. The largest absolute Gasteiger partial charge is 0.481 e. The molecule has 0 spiro atoms. The molecule has 0 bridgehead atoms. The smallest absolute Gasteiger partial charge is 0.314 e. The predicted octanol–water partition coefficient (Wildman–Crippen LogP) is 0.594. The van der Waals surface area contributed by atoms with Crippen molar-refractivity contribution in [1.82, 2.24) is 10.6 Å². The van der Waals surface area contributed by atoms with Crippen molar-refractivity contribution in [3.63, 3.8) is 0 Å². The third-order valence-electron chi connectivity index (χ3n) is 3.53. The summed E-state index contributed by atoms with van der Waals surface area (Å²) in [6.45, 7) is 2.29. The van der Waals surface area contributed by atoms with E-state index in [0.29, 0.717) is 32.9 Å². The Morgan fingerprint density at radius 2 is 1.95 bits per heavy atom. The fourth-order valence-electron chi connectivity index (χ4n) is 2.22. The topological polar surface area (TPSA) is 96.9 Å². The predicted molar refractivity (Wildman–Crippen MR) is 72.6 cm³/mol. The highest BCUT2D eigenvalue weighted by Gasteiger charge is 2.39. The highest BCUT2D eigenvalue weighted by Crippen LogP contribution is 2.43. The van der Waals surface area contributed by atoms with Crippen LogP contribution in [0.1, 0.15) is 25.7 Å². The first-order valence-corrected chi connectivity index (χ1v) is 6.88. The van der Waals surface area contributed by atoms with Crippen LogP contribution >= 0.6 is 0 Å². The Kier molecular flexibility index (Phi) is 7.32. The van der Waals surface area contributed by atoms with Crippen molar-refractivity contribution in [2.24, 2.45) is 5.41 Å². The minimum absolute atomic E-state index is 0.118. The molecular formula is C13H24N2O5. The number of carbonyl (C=O) groups is 2. The van der Waals surface area contributed by atoms with Crippen LogP contribution in [0.5, 0.6) is 0 Å². The minimum Gasteiger partial charge on any atom is -0.481 e. The number of amides is 2. The highest BCUT2D eigenvalue weighted by molar-refractivity contribution is 5.74. The van der Waals surface area contributed by atoms with Crippen molar-refractivity contribution in [3.05, 3.63) is 0 Å². The van der Waals surface area contributed by atoms with Crippen LogP contribution in [-0.2, 0) is 14.3 Å². The standard InChI is InChI=1S/C13H24N2O5/c1-19-7-8-20-6-5-14-12(18)15-10-13(3-2-4-13)9-11(16)17/h2-10H2,1H3,(H,16,17)(H2,14,15,18). The number of methoxy groups -OCH3 is 1. The van der Waals surface area contributed by atoms with E-state index in [1.165, 1.54) is 0 Å². The second-order valence-electron chi connectivity index (χ2n) is 5.14. The van der Waals surface area contributed by atoms with Gasteiger partial charge >= 0.3 is 12.0 Å². The molecule has 0 atom stereocenters. The molecule has 0 aromatic carbocycles. The van der Waals surface area contributed by atoms with Crippen LogP contribution in [0.2, 0.25) is 0 Å². The molecule has 0 saturated heterocycles. The van der Waals surface area contributed by atoms with Gasteiger partial charge in [-0.25, -0.2) is 4.79 Å². The molecule has 0 unspecified atom stereocenters. The number of rotatable bonds is 10. The number of nitrogens with one attached hydrogen (secondary N) is 2. The van der Waals surface area contributed by atoms with Gasteiger partial charge in [0, 0.05) is 20.2 Å². The maximum Gasteiger partial charge on any atom is 0.314 e. The van der Waals surface area contributed by atoms with Crippen molar-refractivity contribution >= 4 is 12.0 Å². The van der Waals surface area contributed by atoms with Crippen LogP contribution in [0.3, 0.4) is 0 Å². The normalized spacial score (nSPS) is 16.2. The number of ether oxygens (including phenoxy) is 2. The molecular weight excluding hydrogens is 264 g/mol. The quantitative estimate of drug-likeness (QED) is 0.511. The lowest BCUT2D eigenvalue weighted by Gasteiger charge is -2.40. The van der Waals surface area contributed by atoms with E-state index < -0.39 is 5.97 Å². The number of aliphatic carboxylic acids is 1. The second-order valence-corrected chi connectivity index (χ2v) is 5.14. The molecule has 20 heavy (non-hydrogen) atoms. The van der Waals surface area contributed by atoms with Gasteiger partial charge in [-0.3, -0.25) is 4.79 Å². The lowest BCUT2D eigenvalue weighted by Crippen LogP contribution is -2.47. The number of hydrogen-bond acceptors (Lipinski definition) is 4. The van der Waals surface area contributed by atoms with Gasteiger partial charge in [-0.2, -0.15) is 0 Å². The van der Waals surface area contributed by atoms with Gasteiger partial charge in [0.15, 0.2) is 0 Å². The molecule has 0 aromatic heterocycles. The molecule has 0 aliphatic heterocycles. The Morgan fingerprint density at radius 1 is 1.20 bits per heavy atom. The van der Waals surface area contributed by atoms with Gasteiger partial charge in [0.1, 0.15) is 0 Å². The van der Waals surface area contributed by atoms with Crippen LogP contribution in [0.4, 0.5) is 4.79 Å². The molecule has 0 radical (unpaired) electrons. The van der Waals surface area contributed by atoms with Gasteiger partial charge in [0.05, 0.1) is 26.2 Å². The van der Waals surface area contributed by atoms with E-state index in [1.54, 1.807) is 7.11 Å². The van der Waals surface area contributed by atoms with E-state index in [9.17, 15) is 9.59 Å². The van der Waals surface area contributed by atoms with Crippen molar-refractivity contribution in [2.45, 2.75) is 25.7 Å². The first-order valence-electron chi connectivity index (χ1n) is 6.88. The number of carboxylic acid groups (broad SMARTS) is 1. The van der Waals surface area contributed by atoms with Gasteiger partial charge in [-0.1, -0.05) is 6.42 Å². The summed E-state index contributed by atoms with van der Waals surface area (Å²) in [6, 6.07) is -0.281. The van der Waals surface area contributed by atoms with E-state index in [-0.39, 0.29) is 17.9 Å². The summed E-state index contributed by atoms with van der Waals surface area (Å²) in [5, 5.41) is 14.3. The molecule has 0 aromatic rings. The fourth-order valence-corrected chi connectivity index (χ4v) is 2.22. The monoisotopic (exact) mass is 288 g/mol. The molecule has 0 heterocycles. The molecule has 1 saturated carbocycles. The third kappa shape index (κ3) is 6.21. The molecule has 1 aliphatic rings. The Labute approximate surface area is 119 Å². The zero-order valence-electron chi connectivity index (χ0n) is 11.9. The van der Waals surface area contributed by atoms with Crippen molar-refractivity contribution in [2.75, 3.05) is 40.0 Å². The highest BCUT2D eigenvalue weighted by atomic mass is 16.5. The SMILES string of the molecule is COCCOCCNC(=O)NCC1(CC(=O)O)CCC1. The minimum atomic E-state index is -0.807. The number of carbonyl (C=O) groups excluding carboxylic acids is 1. The van der Waals surface area contributed by atoms with E-state index in [1.807, 2.05) is 0 Å². The fraction of sp³-hybridized carbons (Fsp3) is 0.846. The number of carboxylic acids is 1. The van der Waals surface area contributed by atoms with Crippen LogP contribution in [0, 0.1) is 5.41 Å². The van der Waals surface area contributed by atoms with Gasteiger partial charge in [-0.05, 0) is 18.3 Å². The summed E-state index contributed by atoms with van der Waals surface area (Å²) in [7, 11) is 1.60. The van der Waals surface area contributed by atoms with E-state index in [0.717, 1.165) is 19.3 Å². The zero-order valence-corrected chi connectivity index (χ0v) is 11.9. The molecule has 3 N–H and O–H groups in total. The van der Waals surface area contributed by atoms with Crippen molar-refractivity contribution < 1.29 is 24.2 Å². The molecule has 1 fully saturated rings. The summed E-state index contributed by atoms with van der Waals surface area (Å²) < 4.78 is 10.0. The summed E-state index contributed by atoms with van der Waals surface area (Å²) in [5.41, 5.74) is -0.252. The lowest BCUT2D eigenvalue weighted by atomic mass is 9.66. The van der Waals surface area contributed by atoms with Gasteiger partial charge in [-0.15, -0.1) is 0 Å². The lowest BCUT2D eigenvalue weighted by molar-refractivity contribution is -0.141. The summed E-state index contributed by atoms with van der Waals surface area (Å²) in [5.74, 6) is -0.807.